The van der Waals surface area contributed by atoms with Gasteiger partial charge in [-0.25, -0.2) is 23.1 Å². The second-order valence-electron chi connectivity index (χ2n) is 5.81. The number of hydrogen-bond acceptors (Lipinski definition) is 4. The fourth-order valence-corrected chi connectivity index (χ4v) is 3.69. The molecule has 0 atom stereocenters. The molecule has 26 heavy (non-hydrogen) atoms. The van der Waals surface area contributed by atoms with Crippen LogP contribution in [0.3, 0.4) is 0 Å². The Morgan fingerprint density at radius 2 is 1.54 bits per heavy atom. The summed E-state index contributed by atoms with van der Waals surface area (Å²) in [5.41, 5.74) is 2.51. The maximum atomic E-state index is 12.1. The molecule has 1 aromatic heterocycles. The molecule has 0 aliphatic carbocycles. The molecule has 0 saturated heterocycles. The Morgan fingerprint density at radius 3 is 2.19 bits per heavy atom. The highest BCUT2D eigenvalue weighted by molar-refractivity contribution is 7.88. The van der Waals surface area contributed by atoms with Gasteiger partial charge in [-0.3, -0.25) is 0 Å². The quantitative estimate of drug-likeness (QED) is 0.673. The van der Waals surface area contributed by atoms with Gasteiger partial charge in [0.2, 0.25) is 10.0 Å². The topological polar surface area (TPSA) is 72.0 Å². The summed E-state index contributed by atoms with van der Waals surface area (Å²) in [7, 11) is -3.40. The molecule has 134 valence electrons. The average Bonchev–Trinajstić information content (AvgIpc) is 2.65. The summed E-state index contributed by atoms with van der Waals surface area (Å²) in [4.78, 5) is 8.68. The lowest BCUT2D eigenvalue weighted by atomic mass is 10.2. The van der Waals surface area contributed by atoms with Crippen LogP contribution in [0.1, 0.15) is 11.1 Å². The highest BCUT2D eigenvalue weighted by Crippen LogP contribution is 2.14. The third kappa shape index (κ3) is 5.36. The number of hydrogen-bond donors (Lipinski definition) is 1. The molecule has 0 radical (unpaired) electrons. The number of rotatable bonds is 7. The van der Waals surface area contributed by atoms with Crippen LogP contribution in [0.5, 0.6) is 0 Å². The van der Waals surface area contributed by atoms with E-state index >= 15 is 0 Å². The third-order valence-corrected chi connectivity index (χ3v) is 5.35. The van der Waals surface area contributed by atoms with Crippen LogP contribution in [0.2, 0.25) is 5.02 Å². The average molecular weight is 388 g/mol. The highest BCUT2D eigenvalue weighted by Gasteiger charge is 2.11. The molecule has 1 heterocycles. The Balaban J connectivity index is 1.53. The van der Waals surface area contributed by atoms with E-state index in [1.54, 1.807) is 36.7 Å². The monoisotopic (exact) mass is 387 g/mol. The van der Waals surface area contributed by atoms with Gasteiger partial charge in [0.25, 0.3) is 0 Å². The fourth-order valence-electron chi connectivity index (χ4n) is 2.42. The van der Waals surface area contributed by atoms with Crippen molar-refractivity contribution in [2.75, 3.05) is 6.54 Å². The van der Waals surface area contributed by atoms with Crippen LogP contribution >= 0.6 is 11.6 Å². The molecule has 5 nitrogen and oxygen atoms in total. The summed E-state index contributed by atoms with van der Waals surface area (Å²) in [6, 6.07) is 16.5. The van der Waals surface area contributed by atoms with E-state index in [4.69, 9.17) is 11.6 Å². The van der Waals surface area contributed by atoms with Gasteiger partial charge in [0.05, 0.1) is 5.75 Å². The molecule has 0 saturated carbocycles. The molecule has 0 bridgehead atoms. The lowest BCUT2D eigenvalue weighted by molar-refractivity contribution is 0.580. The van der Waals surface area contributed by atoms with Gasteiger partial charge < -0.3 is 0 Å². The van der Waals surface area contributed by atoms with E-state index in [2.05, 4.69) is 14.7 Å². The molecule has 0 amide bonds. The first-order chi connectivity index (χ1) is 12.5. The Hall–Kier alpha value is -2.28. The zero-order chi connectivity index (χ0) is 18.4. The number of halogens is 1. The minimum atomic E-state index is -3.40. The molecule has 0 fully saturated rings. The van der Waals surface area contributed by atoms with Gasteiger partial charge >= 0.3 is 0 Å². The van der Waals surface area contributed by atoms with Crippen molar-refractivity contribution in [3.63, 3.8) is 0 Å². The summed E-state index contributed by atoms with van der Waals surface area (Å²) >= 11 is 5.81. The molecule has 7 heteroatoms. The van der Waals surface area contributed by atoms with Crippen LogP contribution in [0.15, 0.2) is 67.0 Å². The zero-order valence-electron chi connectivity index (χ0n) is 14.0. The predicted octanol–water partition coefficient (Wildman–Crippen LogP) is 3.46. The second kappa shape index (κ2) is 8.40. The summed E-state index contributed by atoms with van der Waals surface area (Å²) < 4.78 is 26.9. The zero-order valence-corrected chi connectivity index (χ0v) is 15.5. The lowest BCUT2D eigenvalue weighted by Gasteiger charge is -2.07. The molecule has 3 rings (SSSR count). The maximum Gasteiger partial charge on any atom is 0.215 e. The first-order valence-corrected chi connectivity index (χ1v) is 10.1. The number of nitrogens with one attached hydrogen (secondary N) is 1. The maximum absolute atomic E-state index is 12.1. The van der Waals surface area contributed by atoms with Gasteiger partial charge in [-0.2, -0.15) is 0 Å². The first-order valence-electron chi connectivity index (χ1n) is 8.10. The van der Waals surface area contributed by atoms with E-state index in [1.165, 1.54) is 0 Å². The van der Waals surface area contributed by atoms with E-state index in [9.17, 15) is 8.42 Å². The molecule has 0 unspecified atom stereocenters. The highest BCUT2D eigenvalue weighted by atomic mass is 35.5. The van der Waals surface area contributed by atoms with Gasteiger partial charge in [-0.15, -0.1) is 0 Å². The van der Waals surface area contributed by atoms with E-state index in [1.807, 2.05) is 30.3 Å². The van der Waals surface area contributed by atoms with Crippen molar-refractivity contribution in [3.05, 3.63) is 83.1 Å². The lowest BCUT2D eigenvalue weighted by Crippen LogP contribution is -2.27. The van der Waals surface area contributed by atoms with Crippen molar-refractivity contribution in [1.82, 2.24) is 14.7 Å². The third-order valence-electron chi connectivity index (χ3n) is 3.74. The van der Waals surface area contributed by atoms with Crippen molar-refractivity contribution in [2.24, 2.45) is 0 Å². The normalized spacial score (nSPS) is 11.4. The summed E-state index contributed by atoms with van der Waals surface area (Å²) in [5, 5.41) is 0.582. The summed E-state index contributed by atoms with van der Waals surface area (Å²) in [5.74, 6) is 0.575. The van der Waals surface area contributed by atoms with Crippen molar-refractivity contribution in [1.29, 1.82) is 0 Å². The largest absolute Gasteiger partial charge is 0.236 e. The molecular weight excluding hydrogens is 370 g/mol. The predicted molar refractivity (Wildman–Crippen MR) is 103 cm³/mol. The Labute approximate surface area is 158 Å². The molecular formula is C19H18ClN3O2S. The SMILES string of the molecule is O=S(=O)(Cc1ccc(Cl)cc1)NCCc1cnc(-c2ccccc2)nc1. The number of benzene rings is 2. The van der Waals surface area contributed by atoms with Crippen LogP contribution < -0.4 is 4.72 Å². The standard InChI is InChI=1S/C19H18ClN3O2S/c20-18-8-6-15(7-9-18)14-26(24,25)23-11-10-16-12-21-19(22-13-16)17-4-2-1-3-5-17/h1-9,12-13,23H,10-11,14H2. The van der Waals surface area contributed by atoms with Crippen molar-refractivity contribution < 1.29 is 8.42 Å². The smallest absolute Gasteiger partial charge is 0.215 e. The van der Waals surface area contributed by atoms with E-state index in [0.29, 0.717) is 29.4 Å². The molecule has 3 aromatic rings. The van der Waals surface area contributed by atoms with Gasteiger partial charge in [0.1, 0.15) is 0 Å². The minimum absolute atomic E-state index is 0.0758. The van der Waals surface area contributed by atoms with Crippen molar-refractivity contribution >= 4 is 21.6 Å². The van der Waals surface area contributed by atoms with Crippen LogP contribution in [0, 0.1) is 0 Å². The summed E-state index contributed by atoms with van der Waals surface area (Å²) in [6.07, 6.45) is 3.97. The van der Waals surface area contributed by atoms with Gasteiger partial charge in [0.15, 0.2) is 5.82 Å². The van der Waals surface area contributed by atoms with Crippen LogP contribution in [-0.4, -0.2) is 24.9 Å². The molecule has 0 spiro atoms. The fraction of sp³-hybridized carbons (Fsp3) is 0.158. The number of aromatic nitrogens is 2. The summed E-state index contributed by atoms with van der Waals surface area (Å²) in [6.45, 7) is 0.296. The first kappa shape index (κ1) is 18.5. The van der Waals surface area contributed by atoms with Crippen molar-refractivity contribution in [2.45, 2.75) is 12.2 Å². The van der Waals surface area contributed by atoms with Crippen LogP contribution in [0.25, 0.3) is 11.4 Å². The number of nitrogens with zero attached hydrogens (tertiary/aromatic N) is 2. The molecule has 2 aromatic carbocycles. The number of sulfonamides is 1. The second-order valence-corrected chi connectivity index (χ2v) is 8.05. The molecule has 0 aliphatic rings. The van der Waals surface area contributed by atoms with E-state index in [-0.39, 0.29) is 5.75 Å². The van der Waals surface area contributed by atoms with E-state index < -0.39 is 10.0 Å². The molecule has 1 N–H and O–H groups in total. The van der Waals surface area contributed by atoms with Crippen LogP contribution in [-0.2, 0) is 22.2 Å². The van der Waals surface area contributed by atoms with Crippen molar-refractivity contribution in [3.8, 4) is 11.4 Å². The van der Waals surface area contributed by atoms with Crippen LogP contribution in [0.4, 0.5) is 0 Å². The Bertz CT molecular complexity index is 944. The van der Waals surface area contributed by atoms with Gasteiger partial charge in [-0.05, 0) is 29.7 Å². The Kier molecular flexibility index (Phi) is 5.98. The molecule has 0 aliphatic heterocycles. The van der Waals surface area contributed by atoms with Gasteiger partial charge in [0, 0.05) is 29.5 Å². The minimum Gasteiger partial charge on any atom is -0.236 e. The van der Waals surface area contributed by atoms with Gasteiger partial charge in [-0.1, -0.05) is 54.1 Å². The Morgan fingerprint density at radius 1 is 0.885 bits per heavy atom. The van der Waals surface area contributed by atoms with E-state index in [0.717, 1.165) is 11.1 Å².